The highest BCUT2D eigenvalue weighted by molar-refractivity contribution is 5.91. The van der Waals surface area contributed by atoms with Gasteiger partial charge in [-0.25, -0.2) is 0 Å². The summed E-state index contributed by atoms with van der Waals surface area (Å²) in [6, 6.07) is 7.58. The first-order valence-electron chi connectivity index (χ1n) is 7.29. The molecule has 0 saturated carbocycles. The van der Waals surface area contributed by atoms with Crippen molar-refractivity contribution in [3.05, 3.63) is 30.6 Å². The molecule has 22 heavy (non-hydrogen) atoms. The van der Waals surface area contributed by atoms with E-state index < -0.39 is 0 Å². The Hall–Kier alpha value is -2.25. The summed E-state index contributed by atoms with van der Waals surface area (Å²) in [5, 5.41) is 14.1. The van der Waals surface area contributed by atoms with Crippen LogP contribution in [-0.2, 0) is 16.6 Å². The number of carbonyl (C=O) groups excluding carboxylic acids is 1. The van der Waals surface area contributed by atoms with Crippen LogP contribution in [0.1, 0.15) is 6.42 Å². The number of aromatic nitrogens is 3. The van der Waals surface area contributed by atoms with Gasteiger partial charge in [0.05, 0.1) is 19.1 Å². The highest BCUT2D eigenvalue weighted by atomic mass is 16.5. The maximum atomic E-state index is 12.1. The molecule has 0 radical (unpaired) electrons. The summed E-state index contributed by atoms with van der Waals surface area (Å²) in [4.78, 5) is 12.1. The Bertz CT molecular complexity index is 649. The SMILES string of the molecule is Cn1cnnc1-c1cccc(NC(=O)CC2CNCCO2)c1. The van der Waals surface area contributed by atoms with E-state index in [1.165, 1.54) is 0 Å². The van der Waals surface area contributed by atoms with Gasteiger partial charge in [-0.3, -0.25) is 4.79 Å². The lowest BCUT2D eigenvalue weighted by Crippen LogP contribution is -2.40. The van der Waals surface area contributed by atoms with E-state index in [4.69, 9.17) is 4.74 Å². The van der Waals surface area contributed by atoms with E-state index in [-0.39, 0.29) is 12.0 Å². The minimum absolute atomic E-state index is 0.0520. The smallest absolute Gasteiger partial charge is 0.227 e. The molecule has 1 atom stereocenters. The zero-order valence-electron chi connectivity index (χ0n) is 12.5. The number of ether oxygens (including phenoxy) is 1. The third kappa shape index (κ3) is 3.49. The van der Waals surface area contributed by atoms with E-state index in [1.54, 1.807) is 6.33 Å². The lowest BCUT2D eigenvalue weighted by Gasteiger charge is -2.23. The molecular weight excluding hydrogens is 282 g/mol. The van der Waals surface area contributed by atoms with Gasteiger partial charge in [0.1, 0.15) is 6.33 Å². The Kier molecular flexibility index (Phi) is 4.45. The number of nitrogens with one attached hydrogen (secondary N) is 2. The first-order valence-corrected chi connectivity index (χ1v) is 7.29. The molecule has 1 unspecified atom stereocenters. The van der Waals surface area contributed by atoms with Crippen molar-refractivity contribution in [2.75, 3.05) is 25.0 Å². The van der Waals surface area contributed by atoms with Gasteiger partial charge in [0.2, 0.25) is 5.91 Å². The van der Waals surface area contributed by atoms with Gasteiger partial charge in [0.25, 0.3) is 0 Å². The normalized spacial score (nSPS) is 18.1. The summed E-state index contributed by atoms with van der Waals surface area (Å²) < 4.78 is 7.38. The fourth-order valence-electron chi connectivity index (χ4n) is 2.45. The number of anilines is 1. The number of amides is 1. The molecule has 1 amide bonds. The highest BCUT2D eigenvalue weighted by Gasteiger charge is 2.17. The summed E-state index contributed by atoms with van der Waals surface area (Å²) in [5.74, 6) is 0.708. The van der Waals surface area contributed by atoms with Gasteiger partial charge in [0.15, 0.2) is 5.82 Å². The van der Waals surface area contributed by atoms with Crippen LogP contribution in [0.4, 0.5) is 5.69 Å². The zero-order chi connectivity index (χ0) is 15.4. The quantitative estimate of drug-likeness (QED) is 0.873. The Morgan fingerprint density at radius 3 is 3.18 bits per heavy atom. The molecular formula is C15H19N5O2. The van der Waals surface area contributed by atoms with Crippen molar-refractivity contribution in [1.82, 2.24) is 20.1 Å². The lowest BCUT2D eigenvalue weighted by atomic mass is 10.1. The Morgan fingerprint density at radius 1 is 1.55 bits per heavy atom. The second-order valence-electron chi connectivity index (χ2n) is 5.30. The van der Waals surface area contributed by atoms with Crippen LogP contribution >= 0.6 is 0 Å². The van der Waals surface area contributed by atoms with Crippen LogP contribution < -0.4 is 10.6 Å². The third-order valence-corrected chi connectivity index (χ3v) is 3.53. The molecule has 7 nitrogen and oxygen atoms in total. The molecule has 1 aromatic heterocycles. The van der Waals surface area contributed by atoms with Gasteiger partial charge in [-0.1, -0.05) is 12.1 Å². The van der Waals surface area contributed by atoms with Crippen LogP contribution in [0, 0.1) is 0 Å². The van der Waals surface area contributed by atoms with Crippen molar-refractivity contribution in [2.45, 2.75) is 12.5 Å². The van der Waals surface area contributed by atoms with Crippen LogP contribution in [0.15, 0.2) is 30.6 Å². The highest BCUT2D eigenvalue weighted by Crippen LogP contribution is 2.20. The number of rotatable bonds is 4. The van der Waals surface area contributed by atoms with Gasteiger partial charge >= 0.3 is 0 Å². The molecule has 1 aliphatic heterocycles. The summed E-state index contributed by atoms with van der Waals surface area (Å²) in [5.41, 5.74) is 1.66. The molecule has 2 aromatic rings. The van der Waals surface area contributed by atoms with E-state index in [9.17, 15) is 4.79 Å². The molecule has 0 spiro atoms. The number of hydrogen-bond acceptors (Lipinski definition) is 5. The monoisotopic (exact) mass is 301 g/mol. The molecule has 1 aliphatic rings. The van der Waals surface area contributed by atoms with Crippen LogP contribution in [0.5, 0.6) is 0 Å². The van der Waals surface area contributed by atoms with E-state index in [0.29, 0.717) is 19.6 Å². The molecule has 0 bridgehead atoms. The maximum absolute atomic E-state index is 12.1. The van der Waals surface area contributed by atoms with Gasteiger partial charge in [-0.05, 0) is 12.1 Å². The van der Waals surface area contributed by atoms with Gasteiger partial charge < -0.3 is 19.9 Å². The number of hydrogen-bond donors (Lipinski definition) is 2. The largest absolute Gasteiger partial charge is 0.375 e. The summed E-state index contributed by atoms with van der Waals surface area (Å²) in [7, 11) is 1.88. The first kappa shape index (κ1) is 14.7. The number of aryl methyl sites for hydroxylation is 1. The second-order valence-corrected chi connectivity index (χ2v) is 5.30. The Labute approximate surface area is 128 Å². The minimum Gasteiger partial charge on any atom is -0.375 e. The van der Waals surface area contributed by atoms with Crippen molar-refractivity contribution < 1.29 is 9.53 Å². The number of morpholine rings is 1. The molecule has 7 heteroatoms. The lowest BCUT2D eigenvalue weighted by molar-refractivity contribution is -0.119. The van der Waals surface area contributed by atoms with Crippen LogP contribution in [0.3, 0.4) is 0 Å². The van der Waals surface area contributed by atoms with Crippen LogP contribution in [0.2, 0.25) is 0 Å². The average molecular weight is 301 g/mol. The van der Waals surface area contributed by atoms with E-state index in [2.05, 4.69) is 20.8 Å². The van der Waals surface area contributed by atoms with E-state index in [1.807, 2.05) is 35.9 Å². The van der Waals surface area contributed by atoms with Gasteiger partial charge in [-0.2, -0.15) is 0 Å². The fourth-order valence-corrected chi connectivity index (χ4v) is 2.45. The average Bonchev–Trinajstić information content (AvgIpc) is 2.94. The van der Waals surface area contributed by atoms with Gasteiger partial charge in [0, 0.05) is 31.4 Å². The molecule has 0 aliphatic carbocycles. The summed E-state index contributed by atoms with van der Waals surface area (Å²) >= 11 is 0. The molecule has 1 fully saturated rings. The van der Waals surface area contributed by atoms with E-state index >= 15 is 0 Å². The molecule has 3 rings (SSSR count). The Morgan fingerprint density at radius 2 is 2.45 bits per heavy atom. The molecule has 1 aromatic carbocycles. The predicted molar refractivity (Wildman–Crippen MR) is 82.3 cm³/mol. The molecule has 2 heterocycles. The minimum atomic E-state index is -0.0596. The standard InChI is InChI=1S/C15H19N5O2/c1-20-10-17-19-15(20)11-3-2-4-12(7-11)18-14(21)8-13-9-16-5-6-22-13/h2-4,7,10,13,16H,5-6,8-9H2,1H3,(H,18,21). The maximum Gasteiger partial charge on any atom is 0.227 e. The Balaban J connectivity index is 1.65. The molecule has 116 valence electrons. The number of benzene rings is 1. The van der Waals surface area contributed by atoms with Crippen molar-refractivity contribution in [3.8, 4) is 11.4 Å². The molecule has 2 N–H and O–H groups in total. The van der Waals surface area contributed by atoms with E-state index in [0.717, 1.165) is 23.6 Å². The van der Waals surface area contributed by atoms with Crippen LogP contribution in [-0.4, -0.2) is 46.5 Å². The van der Waals surface area contributed by atoms with Crippen molar-refractivity contribution in [1.29, 1.82) is 0 Å². The predicted octanol–water partition coefficient (Wildman–Crippen LogP) is 0.799. The van der Waals surface area contributed by atoms with Crippen LogP contribution in [0.25, 0.3) is 11.4 Å². The second kappa shape index (κ2) is 6.67. The van der Waals surface area contributed by atoms with Crippen molar-refractivity contribution >= 4 is 11.6 Å². The topological polar surface area (TPSA) is 81.1 Å². The number of nitrogens with zero attached hydrogens (tertiary/aromatic N) is 3. The van der Waals surface area contributed by atoms with Crippen molar-refractivity contribution in [3.63, 3.8) is 0 Å². The molecule has 1 saturated heterocycles. The third-order valence-electron chi connectivity index (χ3n) is 3.53. The first-order chi connectivity index (χ1) is 10.7. The zero-order valence-corrected chi connectivity index (χ0v) is 12.5. The summed E-state index contributed by atoms with van der Waals surface area (Å²) in [6.45, 7) is 2.21. The van der Waals surface area contributed by atoms with Crippen molar-refractivity contribution in [2.24, 2.45) is 7.05 Å². The fraction of sp³-hybridized carbons (Fsp3) is 0.400. The summed E-state index contributed by atoms with van der Waals surface area (Å²) in [6.07, 6.45) is 1.94. The van der Waals surface area contributed by atoms with Gasteiger partial charge in [-0.15, -0.1) is 10.2 Å². The number of carbonyl (C=O) groups is 1.